The van der Waals surface area contributed by atoms with Crippen molar-refractivity contribution in [2.24, 2.45) is 5.73 Å². The van der Waals surface area contributed by atoms with Crippen molar-refractivity contribution in [2.75, 3.05) is 36.4 Å². The number of nitrogens with zero attached hydrogens (tertiary/aromatic N) is 2. The van der Waals surface area contributed by atoms with Crippen LogP contribution in [0.1, 0.15) is 22.8 Å². The minimum absolute atomic E-state index is 0.139. The summed E-state index contributed by atoms with van der Waals surface area (Å²) in [6.45, 7) is 7.03. The first-order chi connectivity index (χ1) is 12.9. The monoisotopic (exact) mass is 366 g/mol. The molecule has 1 saturated heterocycles. The van der Waals surface area contributed by atoms with E-state index in [2.05, 4.69) is 53.2 Å². The van der Waals surface area contributed by atoms with Crippen molar-refractivity contribution in [2.45, 2.75) is 19.9 Å². The Balaban J connectivity index is 1.57. The second-order valence-corrected chi connectivity index (χ2v) is 7.07. The molecule has 142 valence electrons. The van der Waals surface area contributed by atoms with Crippen molar-refractivity contribution in [3.05, 3.63) is 59.7 Å². The van der Waals surface area contributed by atoms with Crippen molar-refractivity contribution in [3.8, 4) is 0 Å². The van der Waals surface area contributed by atoms with E-state index in [0.29, 0.717) is 23.8 Å². The summed E-state index contributed by atoms with van der Waals surface area (Å²) < 4.78 is 0. The molecular formula is C21H26N4O2. The summed E-state index contributed by atoms with van der Waals surface area (Å²) in [5, 5.41) is 2.81. The minimum atomic E-state index is -0.550. The molecule has 6 nitrogen and oxygen atoms in total. The van der Waals surface area contributed by atoms with Crippen LogP contribution >= 0.6 is 0 Å². The molecule has 3 N–H and O–H groups in total. The van der Waals surface area contributed by atoms with Crippen molar-refractivity contribution < 1.29 is 9.59 Å². The molecule has 1 atom stereocenters. The molecule has 0 radical (unpaired) electrons. The van der Waals surface area contributed by atoms with E-state index < -0.39 is 5.91 Å². The molecule has 1 aliphatic rings. The molecule has 0 bridgehead atoms. The van der Waals surface area contributed by atoms with Crippen LogP contribution in [0.4, 0.5) is 11.4 Å². The smallest absolute Gasteiger partial charge is 0.250 e. The standard InChI is InChI=1S/C21H26N4O2/c1-15-7-9-17(10-8-15)25-12-11-24(13-16(25)2)14-20(26)23-19-6-4-3-5-18(19)21(22)27/h3-10,16H,11-14H2,1-2H3,(H2,22,27)(H,23,26)/t16-/m1/s1. The lowest BCUT2D eigenvalue weighted by Crippen LogP contribution is -2.53. The van der Waals surface area contributed by atoms with Crippen LogP contribution in [-0.2, 0) is 4.79 Å². The summed E-state index contributed by atoms with van der Waals surface area (Å²) in [5.74, 6) is -0.689. The van der Waals surface area contributed by atoms with E-state index in [1.807, 2.05) is 0 Å². The van der Waals surface area contributed by atoms with Gasteiger partial charge in [-0.2, -0.15) is 0 Å². The third kappa shape index (κ3) is 4.65. The number of para-hydroxylation sites is 1. The van der Waals surface area contributed by atoms with Gasteiger partial charge in [-0.3, -0.25) is 14.5 Å². The lowest BCUT2D eigenvalue weighted by molar-refractivity contribution is -0.117. The third-order valence-corrected chi connectivity index (χ3v) is 4.91. The molecule has 0 aromatic heterocycles. The largest absolute Gasteiger partial charge is 0.366 e. The Morgan fingerprint density at radius 3 is 2.48 bits per heavy atom. The third-order valence-electron chi connectivity index (χ3n) is 4.91. The van der Waals surface area contributed by atoms with Crippen molar-refractivity contribution in [1.82, 2.24) is 4.90 Å². The van der Waals surface area contributed by atoms with Crippen LogP contribution in [0.2, 0.25) is 0 Å². The molecule has 2 amide bonds. The Bertz CT molecular complexity index is 819. The molecule has 3 rings (SSSR count). The molecule has 0 spiro atoms. The molecule has 27 heavy (non-hydrogen) atoms. The molecular weight excluding hydrogens is 340 g/mol. The Morgan fingerprint density at radius 1 is 1.11 bits per heavy atom. The quantitative estimate of drug-likeness (QED) is 0.851. The summed E-state index contributed by atoms with van der Waals surface area (Å²) in [6, 6.07) is 15.6. The second kappa shape index (κ2) is 8.22. The normalized spacial score (nSPS) is 17.6. The molecule has 2 aromatic carbocycles. The topological polar surface area (TPSA) is 78.7 Å². The average Bonchev–Trinajstić information content (AvgIpc) is 2.63. The first kappa shape index (κ1) is 18.9. The maximum absolute atomic E-state index is 12.4. The highest BCUT2D eigenvalue weighted by atomic mass is 16.2. The van der Waals surface area contributed by atoms with Gasteiger partial charge in [0.15, 0.2) is 0 Å². The van der Waals surface area contributed by atoms with Gasteiger partial charge >= 0.3 is 0 Å². The van der Waals surface area contributed by atoms with Crippen molar-refractivity contribution >= 4 is 23.2 Å². The van der Waals surface area contributed by atoms with Crippen LogP contribution < -0.4 is 16.0 Å². The fourth-order valence-electron chi connectivity index (χ4n) is 3.50. The highest BCUT2D eigenvalue weighted by molar-refractivity contribution is 6.03. The van der Waals surface area contributed by atoms with E-state index in [-0.39, 0.29) is 5.91 Å². The van der Waals surface area contributed by atoms with Crippen LogP contribution in [0.3, 0.4) is 0 Å². The van der Waals surface area contributed by atoms with Gasteiger partial charge in [0.05, 0.1) is 17.8 Å². The number of piperazine rings is 1. The van der Waals surface area contributed by atoms with E-state index in [1.165, 1.54) is 11.3 Å². The molecule has 1 fully saturated rings. The van der Waals surface area contributed by atoms with E-state index in [1.54, 1.807) is 24.3 Å². The van der Waals surface area contributed by atoms with E-state index in [9.17, 15) is 9.59 Å². The molecule has 6 heteroatoms. The van der Waals surface area contributed by atoms with E-state index in [4.69, 9.17) is 5.73 Å². The zero-order valence-corrected chi connectivity index (χ0v) is 15.8. The van der Waals surface area contributed by atoms with Gasteiger partial charge in [0.25, 0.3) is 5.91 Å². The number of nitrogens with two attached hydrogens (primary N) is 1. The summed E-state index contributed by atoms with van der Waals surface area (Å²) >= 11 is 0. The number of primary amides is 1. The van der Waals surface area contributed by atoms with Gasteiger partial charge in [-0.05, 0) is 38.1 Å². The number of anilines is 2. The Hall–Kier alpha value is -2.86. The summed E-state index contributed by atoms with van der Waals surface area (Å²) in [4.78, 5) is 28.4. The van der Waals surface area contributed by atoms with Crippen LogP contribution in [-0.4, -0.2) is 48.9 Å². The van der Waals surface area contributed by atoms with Gasteiger partial charge in [-0.15, -0.1) is 0 Å². The molecule has 2 aromatic rings. The number of benzene rings is 2. The first-order valence-electron chi connectivity index (χ1n) is 9.18. The first-order valence-corrected chi connectivity index (χ1v) is 9.18. The number of amides is 2. The zero-order chi connectivity index (χ0) is 19.4. The maximum atomic E-state index is 12.4. The highest BCUT2D eigenvalue weighted by Gasteiger charge is 2.25. The maximum Gasteiger partial charge on any atom is 0.250 e. The van der Waals surface area contributed by atoms with Crippen molar-refractivity contribution in [3.63, 3.8) is 0 Å². The van der Waals surface area contributed by atoms with Crippen LogP contribution in [0, 0.1) is 6.92 Å². The molecule has 1 aliphatic heterocycles. The second-order valence-electron chi connectivity index (χ2n) is 7.07. The summed E-state index contributed by atoms with van der Waals surface area (Å²) in [6.07, 6.45) is 0. The number of hydrogen-bond acceptors (Lipinski definition) is 4. The lowest BCUT2D eigenvalue weighted by atomic mass is 10.1. The number of hydrogen-bond donors (Lipinski definition) is 2. The fourth-order valence-corrected chi connectivity index (χ4v) is 3.50. The van der Waals surface area contributed by atoms with Gasteiger partial charge < -0.3 is 16.0 Å². The van der Waals surface area contributed by atoms with Gasteiger partial charge in [-0.1, -0.05) is 29.8 Å². The molecule has 0 aliphatic carbocycles. The number of nitrogens with one attached hydrogen (secondary N) is 1. The molecule has 0 saturated carbocycles. The number of carbonyl (C=O) groups is 2. The van der Waals surface area contributed by atoms with E-state index in [0.717, 1.165) is 19.6 Å². The molecule has 1 heterocycles. The van der Waals surface area contributed by atoms with Gasteiger partial charge in [0.2, 0.25) is 5.91 Å². The average molecular weight is 366 g/mol. The summed E-state index contributed by atoms with van der Waals surface area (Å²) in [7, 11) is 0. The van der Waals surface area contributed by atoms with Gasteiger partial charge in [0, 0.05) is 31.4 Å². The summed E-state index contributed by atoms with van der Waals surface area (Å²) in [5.41, 5.74) is 8.61. The Morgan fingerprint density at radius 2 is 1.81 bits per heavy atom. The Labute approximate surface area is 159 Å². The number of carbonyl (C=O) groups excluding carboxylic acids is 2. The number of rotatable bonds is 5. The zero-order valence-electron chi connectivity index (χ0n) is 15.8. The van der Waals surface area contributed by atoms with Crippen LogP contribution in [0.15, 0.2) is 48.5 Å². The Kier molecular flexibility index (Phi) is 5.76. The van der Waals surface area contributed by atoms with Crippen LogP contribution in [0.5, 0.6) is 0 Å². The predicted octanol–water partition coefficient (Wildman–Crippen LogP) is 2.24. The van der Waals surface area contributed by atoms with Gasteiger partial charge in [-0.25, -0.2) is 0 Å². The van der Waals surface area contributed by atoms with Crippen LogP contribution in [0.25, 0.3) is 0 Å². The molecule has 0 unspecified atom stereocenters. The van der Waals surface area contributed by atoms with Crippen molar-refractivity contribution in [1.29, 1.82) is 0 Å². The minimum Gasteiger partial charge on any atom is -0.366 e. The highest BCUT2D eigenvalue weighted by Crippen LogP contribution is 2.21. The SMILES string of the molecule is Cc1ccc(N2CCN(CC(=O)Nc3ccccc3C(N)=O)C[C@H]2C)cc1. The van der Waals surface area contributed by atoms with Gasteiger partial charge in [0.1, 0.15) is 0 Å². The predicted molar refractivity (Wildman–Crippen MR) is 108 cm³/mol. The lowest BCUT2D eigenvalue weighted by Gasteiger charge is -2.41. The fraction of sp³-hybridized carbons (Fsp3) is 0.333. The van der Waals surface area contributed by atoms with E-state index >= 15 is 0 Å². The number of aryl methyl sites for hydroxylation is 1.